The highest BCUT2D eigenvalue weighted by atomic mass is 32.1. The molecule has 0 aliphatic rings. The summed E-state index contributed by atoms with van der Waals surface area (Å²) < 4.78 is 1.75. The van der Waals surface area contributed by atoms with Crippen molar-refractivity contribution in [2.45, 2.75) is 39.8 Å². The van der Waals surface area contributed by atoms with E-state index in [1.165, 1.54) is 23.7 Å². The molecule has 0 aliphatic heterocycles. The smallest absolute Gasteiger partial charge is 0.257 e. The van der Waals surface area contributed by atoms with Crippen molar-refractivity contribution in [2.75, 3.05) is 6.54 Å². The van der Waals surface area contributed by atoms with Gasteiger partial charge >= 0.3 is 0 Å². The van der Waals surface area contributed by atoms with Crippen molar-refractivity contribution in [1.82, 2.24) is 20.2 Å². The van der Waals surface area contributed by atoms with E-state index < -0.39 is 17.2 Å². The molecule has 1 aromatic carbocycles. The third-order valence-electron chi connectivity index (χ3n) is 4.99. The van der Waals surface area contributed by atoms with Crippen LogP contribution in [0.25, 0.3) is 11.3 Å². The van der Waals surface area contributed by atoms with Gasteiger partial charge in [-0.05, 0) is 20.3 Å². The van der Waals surface area contributed by atoms with Crippen molar-refractivity contribution in [3.63, 3.8) is 0 Å². The van der Waals surface area contributed by atoms with Crippen LogP contribution in [0, 0.1) is 0 Å². The second-order valence-electron chi connectivity index (χ2n) is 7.15. The highest BCUT2D eigenvalue weighted by Gasteiger charge is 2.20. The van der Waals surface area contributed by atoms with Crippen LogP contribution in [0.4, 0.5) is 0 Å². The van der Waals surface area contributed by atoms with Crippen molar-refractivity contribution in [2.24, 2.45) is 0 Å². The van der Waals surface area contributed by atoms with Crippen LogP contribution >= 0.6 is 11.3 Å². The number of nitrogens with one attached hydrogen (secondary N) is 2. The lowest BCUT2D eigenvalue weighted by molar-refractivity contribution is 0.0948. The van der Waals surface area contributed by atoms with Crippen LogP contribution in [-0.2, 0) is 6.54 Å². The summed E-state index contributed by atoms with van der Waals surface area (Å²) in [5.41, 5.74) is 1.18. The largest absolute Gasteiger partial charge is 0.352 e. The minimum atomic E-state index is -0.577. The summed E-state index contributed by atoms with van der Waals surface area (Å²) in [6.45, 7) is 6.34. The van der Waals surface area contributed by atoms with Gasteiger partial charge in [0.15, 0.2) is 0 Å². The molecule has 7 nitrogen and oxygen atoms in total. The number of nitrogens with zero attached hydrogens (tertiary/aromatic N) is 2. The van der Waals surface area contributed by atoms with E-state index in [9.17, 15) is 14.4 Å². The standard InChI is InChI=1S/C23H26N4O3S/c1-4-15(3)27-12-17(22(29)24-5-2)21(28)18(13-27)23(30)25-11-20-26-19(14-31-20)16-9-7-6-8-10-16/h6-10,12-15H,4-5,11H2,1-3H3,(H,24,29)(H,25,30)/t15-/m1/s1. The number of hydrogen-bond acceptors (Lipinski definition) is 5. The highest BCUT2D eigenvalue weighted by molar-refractivity contribution is 7.09. The molecule has 2 N–H and O–H groups in total. The number of carbonyl (C=O) groups excluding carboxylic acids is 2. The van der Waals surface area contributed by atoms with E-state index in [0.717, 1.165) is 22.7 Å². The quantitative estimate of drug-likeness (QED) is 0.562. The molecule has 3 rings (SSSR count). The molecule has 8 heteroatoms. The second-order valence-corrected chi connectivity index (χ2v) is 8.10. The molecule has 3 aromatic rings. The first-order chi connectivity index (χ1) is 14.9. The van der Waals surface area contributed by atoms with Gasteiger partial charge in [0, 0.05) is 35.9 Å². The maximum absolute atomic E-state index is 12.8. The lowest BCUT2D eigenvalue weighted by Gasteiger charge is -2.17. The molecule has 0 unspecified atom stereocenters. The molecule has 0 aliphatic carbocycles. The van der Waals surface area contributed by atoms with E-state index in [1.54, 1.807) is 11.5 Å². The molecule has 0 fully saturated rings. The van der Waals surface area contributed by atoms with Gasteiger partial charge in [0.2, 0.25) is 5.43 Å². The average molecular weight is 439 g/mol. The Morgan fingerprint density at radius 1 is 1.06 bits per heavy atom. The number of amides is 2. The SMILES string of the molecule is CCNC(=O)c1cn([C@H](C)CC)cc(C(=O)NCc2nc(-c3ccccc3)cs2)c1=O. The van der Waals surface area contributed by atoms with Crippen LogP contribution in [0.5, 0.6) is 0 Å². The lowest BCUT2D eigenvalue weighted by Crippen LogP contribution is -2.35. The Morgan fingerprint density at radius 3 is 2.32 bits per heavy atom. The van der Waals surface area contributed by atoms with E-state index in [4.69, 9.17) is 0 Å². The fourth-order valence-corrected chi connectivity index (χ4v) is 3.77. The Bertz CT molecular complexity index is 1120. The molecule has 1 atom stereocenters. The summed E-state index contributed by atoms with van der Waals surface area (Å²) in [5, 5.41) is 8.07. The normalized spacial score (nSPS) is 11.7. The van der Waals surface area contributed by atoms with Crippen molar-refractivity contribution < 1.29 is 9.59 Å². The molecule has 0 saturated heterocycles. The van der Waals surface area contributed by atoms with E-state index in [1.807, 2.05) is 49.6 Å². The minimum Gasteiger partial charge on any atom is -0.352 e. The number of thiazole rings is 1. The Labute approximate surface area is 185 Å². The van der Waals surface area contributed by atoms with E-state index >= 15 is 0 Å². The number of rotatable bonds is 8. The van der Waals surface area contributed by atoms with Crippen molar-refractivity contribution in [1.29, 1.82) is 0 Å². The molecule has 0 saturated carbocycles. The second kappa shape index (κ2) is 10.2. The van der Waals surface area contributed by atoms with Crippen LogP contribution in [0.15, 0.2) is 52.9 Å². The summed E-state index contributed by atoms with van der Waals surface area (Å²) in [6.07, 6.45) is 3.83. The Morgan fingerprint density at radius 2 is 1.71 bits per heavy atom. The maximum Gasteiger partial charge on any atom is 0.257 e. The van der Waals surface area contributed by atoms with Gasteiger partial charge in [0.05, 0.1) is 12.2 Å². The molecule has 0 radical (unpaired) electrons. The molecule has 2 aromatic heterocycles. The van der Waals surface area contributed by atoms with Gasteiger partial charge in [-0.25, -0.2) is 4.98 Å². The van der Waals surface area contributed by atoms with Crippen LogP contribution in [0.3, 0.4) is 0 Å². The molecule has 0 bridgehead atoms. The van der Waals surface area contributed by atoms with E-state index in [-0.39, 0.29) is 23.7 Å². The van der Waals surface area contributed by atoms with Gasteiger partial charge in [0.1, 0.15) is 16.1 Å². The van der Waals surface area contributed by atoms with Gasteiger partial charge in [-0.2, -0.15) is 0 Å². The van der Waals surface area contributed by atoms with Crippen LogP contribution in [0.1, 0.15) is 59.0 Å². The Balaban J connectivity index is 1.82. The minimum absolute atomic E-state index is 0.0320. The first kappa shape index (κ1) is 22.4. The predicted octanol–water partition coefficient (Wildman–Crippen LogP) is 3.62. The zero-order chi connectivity index (χ0) is 22.4. The molecule has 162 valence electrons. The first-order valence-electron chi connectivity index (χ1n) is 10.3. The topological polar surface area (TPSA) is 93.1 Å². The molecule has 31 heavy (non-hydrogen) atoms. The number of aromatic nitrogens is 2. The highest BCUT2D eigenvalue weighted by Crippen LogP contribution is 2.21. The molecular weight excluding hydrogens is 412 g/mol. The molecule has 2 heterocycles. The Kier molecular flexibility index (Phi) is 7.36. The fraction of sp³-hybridized carbons (Fsp3) is 0.304. The lowest BCUT2D eigenvalue weighted by atomic mass is 10.1. The van der Waals surface area contributed by atoms with Crippen molar-refractivity contribution >= 4 is 23.2 Å². The van der Waals surface area contributed by atoms with Gasteiger partial charge in [0.25, 0.3) is 11.8 Å². The summed E-state index contributed by atoms with van der Waals surface area (Å²) in [7, 11) is 0. The summed E-state index contributed by atoms with van der Waals surface area (Å²) >= 11 is 1.44. The first-order valence-corrected chi connectivity index (χ1v) is 11.1. The predicted molar refractivity (Wildman–Crippen MR) is 122 cm³/mol. The zero-order valence-corrected chi connectivity index (χ0v) is 18.7. The van der Waals surface area contributed by atoms with Gasteiger partial charge in [-0.15, -0.1) is 11.3 Å². The molecule has 2 amide bonds. The third-order valence-corrected chi connectivity index (χ3v) is 5.84. The van der Waals surface area contributed by atoms with E-state index in [2.05, 4.69) is 15.6 Å². The zero-order valence-electron chi connectivity index (χ0n) is 17.8. The molecule has 0 spiro atoms. The van der Waals surface area contributed by atoms with Crippen LogP contribution in [-0.4, -0.2) is 27.9 Å². The number of hydrogen-bond donors (Lipinski definition) is 2. The molecular formula is C23H26N4O3S. The number of benzene rings is 1. The summed E-state index contributed by atoms with van der Waals surface area (Å²) in [5.74, 6) is -1.00. The summed E-state index contributed by atoms with van der Waals surface area (Å²) in [6, 6.07) is 9.81. The summed E-state index contributed by atoms with van der Waals surface area (Å²) in [4.78, 5) is 42.6. The van der Waals surface area contributed by atoms with Gasteiger partial charge in [-0.3, -0.25) is 14.4 Å². The average Bonchev–Trinajstić information content (AvgIpc) is 3.27. The maximum atomic E-state index is 12.8. The fourth-order valence-electron chi connectivity index (χ4n) is 3.03. The Hall–Kier alpha value is -3.26. The van der Waals surface area contributed by atoms with Crippen molar-refractivity contribution in [3.8, 4) is 11.3 Å². The third kappa shape index (κ3) is 5.27. The van der Waals surface area contributed by atoms with Gasteiger partial charge in [-0.1, -0.05) is 37.3 Å². The van der Waals surface area contributed by atoms with Crippen LogP contribution < -0.4 is 16.1 Å². The monoisotopic (exact) mass is 438 g/mol. The van der Waals surface area contributed by atoms with Crippen LogP contribution in [0.2, 0.25) is 0 Å². The van der Waals surface area contributed by atoms with Crippen molar-refractivity contribution in [3.05, 3.63) is 74.5 Å². The number of pyridine rings is 1. The van der Waals surface area contributed by atoms with E-state index in [0.29, 0.717) is 6.54 Å². The number of carbonyl (C=O) groups is 2. The van der Waals surface area contributed by atoms with Gasteiger partial charge < -0.3 is 15.2 Å².